The van der Waals surface area contributed by atoms with Crippen molar-refractivity contribution in [1.82, 2.24) is 4.31 Å². The summed E-state index contributed by atoms with van der Waals surface area (Å²) in [7, 11) is -3.75. The molecule has 29 heavy (non-hydrogen) atoms. The first-order chi connectivity index (χ1) is 13.7. The van der Waals surface area contributed by atoms with E-state index in [9.17, 15) is 18.5 Å². The van der Waals surface area contributed by atoms with Gasteiger partial charge in [0.1, 0.15) is 5.69 Å². The highest BCUT2D eigenvalue weighted by atomic mass is 32.2. The van der Waals surface area contributed by atoms with E-state index in [2.05, 4.69) is 12.2 Å². The van der Waals surface area contributed by atoms with Crippen LogP contribution in [-0.2, 0) is 10.0 Å². The van der Waals surface area contributed by atoms with Gasteiger partial charge >= 0.3 is 0 Å². The SMILES string of the molecule is CC[NH+]1CCC(Nc2ccc(S(=O)(=O)N3C[C@H](C)C[C@H](C)C3)cc2[N+](=O)[O-])CC1. The van der Waals surface area contributed by atoms with E-state index in [1.165, 1.54) is 16.4 Å². The highest BCUT2D eigenvalue weighted by Crippen LogP contribution is 2.32. The highest BCUT2D eigenvalue weighted by Gasteiger charge is 2.33. The molecule has 0 spiro atoms. The van der Waals surface area contributed by atoms with Gasteiger partial charge in [0.05, 0.1) is 29.5 Å². The molecule has 2 fully saturated rings. The highest BCUT2D eigenvalue weighted by molar-refractivity contribution is 7.89. The maximum atomic E-state index is 13.1. The van der Waals surface area contributed by atoms with Crippen LogP contribution >= 0.6 is 0 Å². The molecule has 2 saturated heterocycles. The van der Waals surface area contributed by atoms with Gasteiger partial charge in [-0.05, 0) is 37.3 Å². The predicted molar refractivity (Wildman–Crippen MR) is 113 cm³/mol. The van der Waals surface area contributed by atoms with Gasteiger partial charge in [0, 0.05) is 38.0 Å². The fourth-order valence-electron chi connectivity index (χ4n) is 4.64. The van der Waals surface area contributed by atoms with E-state index >= 15 is 0 Å². The molecular formula is C20H33N4O4S+. The number of hydrogen-bond donors (Lipinski definition) is 2. The van der Waals surface area contributed by atoms with Crippen molar-refractivity contribution in [2.45, 2.75) is 51.0 Å². The summed E-state index contributed by atoms with van der Waals surface area (Å²) >= 11 is 0. The summed E-state index contributed by atoms with van der Waals surface area (Å²) in [5.74, 6) is 0.557. The van der Waals surface area contributed by atoms with Crippen LogP contribution in [0.2, 0.25) is 0 Å². The first-order valence-electron chi connectivity index (χ1n) is 10.6. The average molecular weight is 426 g/mol. The zero-order valence-corrected chi connectivity index (χ0v) is 18.4. The summed E-state index contributed by atoms with van der Waals surface area (Å²) in [6, 6.07) is 4.45. The molecular weight excluding hydrogens is 392 g/mol. The number of nitro groups is 1. The number of anilines is 1. The van der Waals surface area contributed by atoms with Gasteiger partial charge in [-0.3, -0.25) is 10.1 Å². The Morgan fingerprint density at radius 1 is 1.21 bits per heavy atom. The molecule has 3 rings (SSSR count). The monoisotopic (exact) mass is 425 g/mol. The van der Waals surface area contributed by atoms with Crippen molar-refractivity contribution in [2.24, 2.45) is 11.8 Å². The molecule has 162 valence electrons. The smallest absolute Gasteiger partial charge is 0.293 e. The lowest BCUT2D eigenvalue weighted by molar-refractivity contribution is -0.903. The van der Waals surface area contributed by atoms with Crippen LogP contribution < -0.4 is 10.2 Å². The number of nitrogens with zero attached hydrogens (tertiary/aromatic N) is 2. The summed E-state index contributed by atoms with van der Waals surface area (Å²) < 4.78 is 27.7. The zero-order valence-electron chi connectivity index (χ0n) is 17.6. The third-order valence-electron chi connectivity index (χ3n) is 6.19. The number of nitrogens with one attached hydrogen (secondary N) is 2. The molecule has 0 radical (unpaired) electrons. The number of likely N-dealkylation sites (tertiary alicyclic amines) is 1. The maximum Gasteiger partial charge on any atom is 0.293 e. The summed E-state index contributed by atoms with van der Waals surface area (Å²) in [5.41, 5.74) is 0.230. The van der Waals surface area contributed by atoms with Crippen LogP contribution in [0.5, 0.6) is 0 Å². The predicted octanol–water partition coefficient (Wildman–Crippen LogP) is 1.74. The lowest BCUT2D eigenvalue weighted by Crippen LogP contribution is -3.13. The molecule has 1 aromatic carbocycles. The first-order valence-corrected chi connectivity index (χ1v) is 12.0. The normalized spacial score (nSPS) is 28.8. The van der Waals surface area contributed by atoms with E-state index in [-0.39, 0.29) is 28.5 Å². The Morgan fingerprint density at radius 2 is 1.83 bits per heavy atom. The Hall–Kier alpha value is -1.71. The van der Waals surface area contributed by atoms with Gasteiger partial charge in [0.25, 0.3) is 5.69 Å². The molecule has 0 aromatic heterocycles. The Labute approximate surface area is 173 Å². The number of hydrogen-bond acceptors (Lipinski definition) is 5. The Bertz CT molecular complexity index is 827. The minimum absolute atomic E-state index is 0.00120. The van der Waals surface area contributed by atoms with Crippen molar-refractivity contribution >= 4 is 21.4 Å². The Kier molecular flexibility index (Phi) is 6.80. The first kappa shape index (κ1) is 22.0. The van der Waals surface area contributed by atoms with Crippen molar-refractivity contribution in [3.63, 3.8) is 0 Å². The van der Waals surface area contributed by atoms with Gasteiger partial charge in [-0.15, -0.1) is 0 Å². The third-order valence-corrected chi connectivity index (χ3v) is 8.02. The molecule has 2 heterocycles. The van der Waals surface area contributed by atoms with Gasteiger partial charge in [-0.1, -0.05) is 13.8 Å². The molecule has 0 amide bonds. The maximum absolute atomic E-state index is 13.1. The van der Waals surface area contributed by atoms with E-state index in [1.54, 1.807) is 11.0 Å². The fraction of sp³-hybridized carbons (Fsp3) is 0.700. The van der Waals surface area contributed by atoms with Gasteiger partial charge in [-0.2, -0.15) is 4.31 Å². The second kappa shape index (κ2) is 8.97. The van der Waals surface area contributed by atoms with Crippen LogP contribution in [0.25, 0.3) is 0 Å². The molecule has 8 nitrogen and oxygen atoms in total. The third kappa shape index (κ3) is 5.07. The molecule has 0 aliphatic carbocycles. The molecule has 0 bridgehead atoms. The Balaban J connectivity index is 1.81. The summed E-state index contributed by atoms with van der Waals surface area (Å²) in [5, 5.41) is 15.0. The lowest BCUT2D eigenvalue weighted by atomic mass is 9.94. The number of benzene rings is 1. The van der Waals surface area contributed by atoms with Crippen molar-refractivity contribution in [2.75, 3.05) is 38.0 Å². The molecule has 2 aliphatic rings. The lowest BCUT2D eigenvalue weighted by Gasteiger charge is -2.34. The van der Waals surface area contributed by atoms with Crippen LogP contribution in [0.15, 0.2) is 23.1 Å². The molecule has 1 aromatic rings. The van der Waals surface area contributed by atoms with E-state index in [4.69, 9.17) is 0 Å². The molecule has 0 unspecified atom stereocenters. The summed E-state index contributed by atoms with van der Waals surface area (Å²) in [4.78, 5) is 12.7. The van der Waals surface area contributed by atoms with Crippen molar-refractivity contribution in [3.05, 3.63) is 28.3 Å². The topological polar surface area (TPSA) is 97.0 Å². The summed E-state index contributed by atoms with van der Waals surface area (Å²) in [6.07, 6.45) is 2.89. The van der Waals surface area contributed by atoms with Crippen molar-refractivity contribution < 1.29 is 18.2 Å². The van der Waals surface area contributed by atoms with E-state index in [0.717, 1.165) is 38.9 Å². The molecule has 2 N–H and O–H groups in total. The van der Waals surface area contributed by atoms with Crippen LogP contribution in [0, 0.1) is 22.0 Å². The second-order valence-electron chi connectivity index (χ2n) is 8.73. The van der Waals surface area contributed by atoms with E-state index < -0.39 is 14.9 Å². The van der Waals surface area contributed by atoms with Crippen molar-refractivity contribution in [3.8, 4) is 0 Å². The summed E-state index contributed by atoms with van der Waals surface area (Å²) in [6.45, 7) is 10.3. The quantitative estimate of drug-likeness (QED) is 0.535. The second-order valence-corrected chi connectivity index (χ2v) is 10.7. The van der Waals surface area contributed by atoms with E-state index in [0.29, 0.717) is 18.8 Å². The van der Waals surface area contributed by atoms with Gasteiger partial charge in [-0.25, -0.2) is 8.42 Å². The van der Waals surface area contributed by atoms with Crippen LogP contribution in [0.3, 0.4) is 0 Å². The van der Waals surface area contributed by atoms with Crippen molar-refractivity contribution in [1.29, 1.82) is 0 Å². The standard InChI is InChI=1S/C20H32N4O4S/c1-4-22-9-7-17(8-10-22)21-19-6-5-18(12-20(19)24(25)26)29(27,28)23-13-15(2)11-16(3)14-23/h5-6,12,15-17,21H,4,7-11,13-14H2,1-3H3/p+1/t15-,16+. The zero-order chi connectivity index (χ0) is 21.2. The minimum Gasteiger partial charge on any atom is -0.376 e. The minimum atomic E-state index is -3.75. The van der Waals surface area contributed by atoms with E-state index in [1.807, 2.05) is 13.8 Å². The van der Waals surface area contributed by atoms with Gasteiger partial charge in [0.15, 0.2) is 0 Å². The number of nitro benzene ring substituents is 1. The number of piperidine rings is 2. The van der Waals surface area contributed by atoms with Gasteiger partial charge in [0.2, 0.25) is 10.0 Å². The average Bonchev–Trinajstić information content (AvgIpc) is 2.68. The largest absolute Gasteiger partial charge is 0.376 e. The number of quaternary nitrogens is 1. The van der Waals surface area contributed by atoms with Crippen LogP contribution in [0.1, 0.15) is 40.0 Å². The Morgan fingerprint density at radius 3 is 2.38 bits per heavy atom. The van der Waals surface area contributed by atoms with Crippen LogP contribution in [-0.4, -0.2) is 56.4 Å². The fourth-order valence-corrected chi connectivity index (χ4v) is 6.34. The number of sulfonamides is 1. The van der Waals surface area contributed by atoms with Crippen LogP contribution in [0.4, 0.5) is 11.4 Å². The number of rotatable bonds is 6. The molecule has 0 saturated carbocycles. The molecule has 9 heteroatoms. The molecule has 2 atom stereocenters. The van der Waals surface area contributed by atoms with Gasteiger partial charge < -0.3 is 10.2 Å². The molecule has 2 aliphatic heterocycles.